The summed E-state index contributed by atoms with van der Waals surface area (Å²) in [5.74, 6) is 1.38. The topological polar surface area (TPSA) is 49.0 Å². The van der Waals surface area contributed by atoms with Gasteiger partial charge in [0, 0.05) is 43.3 Å². The van der Waals surface area contributed by atoms with Gasteiger partial charge in [0.15, 0.2) is 11.5 Å². The van der Waals surface area contributed by atoms with Gasteiger partial charge in [-0.05, 0) is 13.1 Å². The van der Waals surface area contributed by atoms with E-state index < -0.39 is 0 Å². The predicted molar refractivity (Wildman–Crippen MR) is 83.6 cm³/mol. The van der Waals surface area contributed by atoms with Crippen molar-refractivity contribution in [3.63, 3.8) is 0 Å². The minimum atomic E-state index is 0.557. The fourth-order valence-electron chi connectivity index (χ4n) is 1.84. The zero-order chi connectivity index (χ0) is 15.5. The zero-order valence-corrected chi connectivity index (χ0v) is 13.7. The van der Waals surface area contributed by atoms with E-state index in [0.29, 0.717) is 43.7 Å². The predicted octanol–water partition coefficient (Wildman–Crippen LogP) is 2.50. The number of ether oxygens (including phenoxy) is 4. The van der Waals surface area contributed by atoms with Crippen LogP contribution in [-0.4, -0.2) is 47.7 Å². The average molecular weight is 318 g/mol. The first kappa shape index (κ1) is 18.0. The first-order chi connectivity index (χ1) is 10.2. The second kappa shape index (κ2) is 10.7. The molecule has 0 spiro atoms. The molecule has 0 fully saturated rings. The molecule has 0 aromatic heterocycles. The fourth-order valence-corrected chi connectivity index (χ4v) is 2.07. The van der Waals surface area contributed by atoms with Crippen LogP contribution in [0.5, 0.6) is 11.5 Å². The first-order valence-electron chi connectivity index (χ1n) is 6.93. The number of rotatable bonds is 11. The largest absolute Gasteiger partial charge is 0.493 e. The molecule has 0 saturated heterocycles. The molecule has 1 aromatic rings. The number of benzene rings is 1. The molecule has 1 aromatic carbocycles. The van der Waals surface area contributed by atoms with Crippen LogP contribution in [0.25, 0.3) is 0 Å². The Morgan fingerprint density at radius 1 is 1.10 bits per heavy atom. The lowest BCUT2D eigenvalue weighted by atomic mass is 10.2. The van der Waals surface area contributed by atoms with Crippen LogP contribution in [0.15, 0.2) is 12.1 Å². The van der Waals surface area contributed by atoms with E-state index in [0.717, 1.165) is 17.7 Å². The third-order valence-corrected chi connectivity index (χ3v) is 3.01. The van der Waals surface area contributed by atoms with Gasteiger partial charge in [-0.2, -0.15) is 0 Å². The van der Waals surface area contributed by atoms with Crippen molar-refractivity contribution in [3.8, 4) is 11.5 Å². The smallest absolute Gasteiger partial charge is 0.165 e. The minimum Gasteiger partial charge on any atom is -0.493 e. The van der Waals surface area contributed by atoms with Gasteiger partial charge >= 0.3 is 0 Å². The van der Waals surface area contributed by atoms with Gasteiger partial charge in [0.2, 0.25) is 0 Å². The van der Waals surface area contributed by atoms with Gasteiger partial charge in [-0.15, -0.1) is 0 Å². The summed E-state index contributed by atoms with van der Waals surface area (Å²) in [6, 6.07) is 3.64. The maximum Gasteiger partial charge on any atom is 0.165 e. The first-order valence-corrected chi connectivity index (χ1v) is 7.31. The molecule has 21 heavy (non-hydrogen) atoms. The molecule has 6 heteroatoms. The lowest BCUT2D eigenvalue weighted by molar-refractivity contribution is 0.0642. The summed E-state index contributed by atoms with van der Waals surface area (Å²) in [6.07, 6.45) is 0.800. The highest BCUT2D eigenvalue weighted by molar-refractivity contribution is 6.30. The maximum atomic E-state index is 6.07. The van der Waals surface area contributed by atoms with E-state index in [9.17, 15) is 0 Å². The van der Waals surface area contributed by atoms with Crippen LogP contribution in [0.4, 0.5) is 0 Å². The van der Waals surface area contributed by atoms with E-state index in [1.54, 1.807) is 20.3 Å². The van der Waals surface area contributed by atoms with Crippen LogP contribution in [0.3, 0.4) is 0 Å². The summed E-state index contributed by atoms with van der Waals surface area (Å²) in [5.41, 5.74) is 0.974. The lowest BCUT2D eigenvalue weighted by Gasteiger charge is -2.15. The summed E-state index contributed by atoms with van der Waals surface area (Å²) in [4.78, 5) is 0. The molecule has 0 aliphatic carbocycles. The fraction of sp³-hybridized carbons (Fsp3) is 0.600. The molecule has 0 atom stereocenters. The Morgan fingerprint density at radius 2 is 1.90 bits per heavy atom. The lowest BCUT2D eigenvalue weighted by Crippen LogP contribution is -2.11. The van der Waals surface area contributed by atoms with Crippen LogP contribution in [0.1, 0.15) is 12.0 Å². The molecule has 5 nitrogen and oxygen atoms in total. The molecule has 0 saturated carbocycles. The summed E-state index contributed by atoms with van der Waals surface area (Å²) < 4.78 is 21.5. The molecular formula is C15H24ClNO4. The molecule has 0 radical (unpaired) electrons. The van der Waals surface area contributed by atoms with Crippen molar-refractivity contribution >= 4 is 11.6 Å². The van der Waals surface area contributed by atoms with Crippen molar-refractivity contribution < 1.29 is 18.9 Å². The Hall–Kier alpha value is -1.01. The highest BCUT2D eigenvalue weighted by Gasteiger charge is 2.12. The molecule has 1 rings (SSSR count). The van der Waals surface area contributed by atoms with Gasteiger partial charge in [0.05, 0.1) is 26.9 Å². The normalized spacial score (nSPS) is 10.7. The quantitative estimate of drug-likeness (QED) is 0.635. The van der Waals surface area contributed by atoms with E-state index in [-0.39, 0.29) is 0 Å². The second-order valence-corrected chi connectivity index (χ2v) is 4.87. The van der Waals surface area contributed by atoms with Crippen molar-refractivity contribution in [2.75, 3.05) is 47.7 Å². The molecule has 0 aliphatic rings. The van der Waals surface area contributed by atoms with E-state index in [1.807, 2.05) is 13.1 Å². The van der Waals surface area contributed by atoms with Gasteiger partial charge in [0.25, 0.3) is 0 Å². The summed E-state index contributed by atoms with van der Waals surface area (Å²) in [6.45, 7) is 3.07. The van der Waals surface area contributed by atoms with Crippen LogP contribution in [0, 0.1) is 0 Å². The third kappa shape index (κ3) is 6.52. The minimum absolute atomic E-state index is 0.557. The molecule has 0 amide bonds. The Morgan fingerprint density at radius 3 is 2.57 bits per heavy atom. The van der Waals surface area contributed by atoms with Crippen molar-refractivity contribution in [1.29, 1.82) is 0 Å². The van der Waals surface area contributed by atoms with Crippen molar-refractivity contribution in [3.05, 3.63) is 22.7 Å². The second-order valence-electron chi connectivity index (χ2n) is 4.43. The number of hydrogen-bond donors (Lipinski definition) is 1. The van der Waals surface area contributed by atoms with Crippen molar-refractivity contribution in [1.82, 2.24) is 5.32 Å². The number of nitrogens with one attached hydrogen (secondary N) is 1. The van der Waals surface area contributed by atoms with Gasteiger partial charge in [-0.25, -0.2) is 0 Å². The van der Waals surface area contributed by atoms with Crippen molar-refractivity contribution in [2.24, 2.45) is 0 Å². The molecule has 0 heterocycles. The molecule has 0 aliphatic heterocycles. The maximum absolute atomic E-state index is 6.07. The van der Waals surface area contributed by atoms with Crippen LogP contribution < -0.4 is 14.8 Å². The van der Waals surface area contributed by atoms with E-state index in [1.165, 1.54) is 0 Å². The van der Waals surface area contributed by atoms with E-state index >= 15 is 0 Å². The van der Waals surface area contributed by atoms with E-state index in [2.05, 4.69) is 5.32 Å². The average Bonchev–Trinajstić information content (AvgIpc) is 2.48. The Balaban J connectivity index is 2.52. The highest BCUT2D eigenvalue weighted by atomic mass is 35.5. The highest BCUT2D eigenvalue weighted by Crippen LogP contribution is 2.34. The molecular weight excluding hydrogens is 294 g/mol. The summed E-state index contributed by atoms with van der Waals surface area (Å²) >= 11 is 6.07. The zero-order valence-electron chi connectivity index (χ0n) is 12.9. The number of halogens is 1. The Kier molecular flexibility index (Phi) is 9.17. The van der Waals surface area contributed by atoms with Crippen LogP contribution in [0.2, 0.25) is 5.02 Å². The van der Waals surface area contributed by atoms with Crippen molar-refractivity contribution in [2.45, 2.75) is 13.0 Å². The molecule has 120 valence electrons. The number of hydrogen-bond acceptors (Lipinski definition) is 5. The van der Waals surface area contributed by atoms with Gasteiger partial charge < -0.3 is 24.3 Å². The van der Waals surface area contributed by atoms with E-state index in [4.69, 9.17) is 30.5 Å². The van der Waals surface area contributed by atoms with Gasteiger partial charge in [0.1, 0.15) is 0 Å². The third-order valence-electron chi connectivity index (χ3n) is 2.79. The van der Waals surface area contributed by atoms with Crippen LogP contribution >= 0.6 is 11.6 Å². The standard InChI is InChI=1S/C15H24ClNO4/c1-17-11-12-9-13(16)10-14(19-3)15(12)21-6-4-5-20-8-7-18-2/h9-10,17H,4-8,11H2,1-3H3. The molecule has 1 N–H and O–H groups in total. The molecule has 0 bridgehead atoms. The summed E-state index contributed by atoms with van der Waals surface area (Å²) in [5, 5.41) is 3.73. The molecule has 0 unspecified atom stereocenters. The Labute approximate surface area is 131 Å². The summed E-state index contributed by atoms with van der Waals surface area (Å²) in [7, 11) is 5.14. The van der Waals surface area contributed by atoms with Gasteiger partial charge in [-0.1, -0.05) is 11.6 Å². The Bertz CT molecular complexity index is 415. The monoisotopic (exact) mass is 317 g/mol. The van der Waals surface area contributed by atoms with Gasteiger partial charge in [-0.3, -0.25) is 0 Å². The number of methoxy groups -OCH3 is 2. The van der Waals surface area contributed by atoms with Crippen LogP contribution in [-0.2, 0) is 16.0 Å². The SMILES string of the molecule is CNCc1cc(Cl)cc(OC)c1OCCCOCCOC.